The van der Waals surface area contributed by atoms with Crippen LogP contribution in [0.5, 0.6) is 0 Å². The highest BCUT2D eigenvalue weighted by atomic mass is 19.4. The second-order valence-corrected chi connectivity index (χ2v) is 5.01. The van der Waals surface area contributed by atoms with Gasteiger partial charge >= 0.3 is 12.4 Å². The third-order valence-electron chi connectivity index (χ3n) is 3.66. The van der Waals surface area contributed by atoms with E-state index in [1.165, 1.54) is 24.3 Å². The molecule has 0 aromatic heterocycles. The van der Waals surface area contributed by atoms with Crippen LogP contribution in [0, 0.1) is 5.41 Å². The number of nitrogens with two attached hydrogens (primary N) is 2. The number of hydrogen-bond acceptors (Lipinski definition) is 2. The zero-order valence-electron chi connectivity index (χ0n) is 11.1. The van der Waals surface area contributed by atoms with Crippen molar-refractivity contribution in [3.05, 3.63) is 47.7 Å². The lowest BCUT2D eigenvalue weighted by atomic mass is 9.73. The van der Waals surface area contributed by atoms with Crippen molar-refractivity contribution in [3.8, 4) is 0 Å². The molecule has 0 unspecified atom stereocenters. The van der Waals surface area contributed by atoms with E-state index in [-0.39, 0.29) is 11.1 Å². The van der Waals surface area contributed by atoms with E-state index in [1.54, 1.807) is 0 Å². The van der Waals surface area contributed by atoms with Crippen LogP contribution in [0.25, 0.3) is 5.57 Å². The number of halogens is 6. The zero-order valence-corrected chi connectivity index (χ0v) is 11.1. The van der Waals surface area contributed by atoms with Gasteiger partial charge in [0.2, 0.25) is 5.41 Å². The van der Waals surface area contributed by atoms with Crippen molar-refractivity contribution in [2.75, 3.05) is 5.73 Å². The van der Waals surface area contributed by atoms with Gasteiger partial charge < -0.3 is 11.5 Å². The van der Waals surface area contributed by atoms with Crippen LogP contribution in [-0.2, 0) is 0 Å². The molecular formula is C14H12F6N2. The molecule has 120 valence electrons. The molecule has 2 nitrogen and oxygen atoms in total. The highest BCUT2D eigenvalue weighted by molar-refractivity contribution is 5.71. The summed E-state index contributed by atoms with van der Waals surface area (Å²) in [5, 5.41) is 0. The quantitative estimate of drug-likeness (QED) is 0.606. The molecule has 0 amide bonds. The Bertz CT molecular complexity index is 608. The van der Waals surface area contributed by atoms with E-state index in [9.17, 15) is 26.3 Å². The van der Waals surface area contributed by atoms with Crippen LogP contribution < -0.4 is 11.5 Å². The summed E-state index contributed by atoms with van der Waals surface area (Å²) in [5.74, 6) is 0. The first-order chi connectivity index (χ1) is 9.99. The maximum atomic E-state index is 13.2. The van der Waals surface area contributed by atoms with E-state index in [4.69, 9.17) is 11.5 Å². The Labute approximate surface area is 122 Å². The van der Waals surface area contributed by atoms with E-state index >= 15 is 0 Å². The molecular weight excluding hydrogens is 310 g/mol. The summed E-state index contributed by atoms with van der Waals surface area (Å²) in [6.07, 6.45) is -10.6. The van der Waals surface area contributed by atoms with Crippen molar-refractivity contribution in [3.63, 3.8) is 0 Å². The predicted octanol–water partition coefficient (Wildman–Crippen LogP) is 4.01. The van der Waals surface area contributed by atoms with Gasteiger partial charge in [-0.3, -0.25) is 0 Å². The highest BCUT2D eigenvalue weighted by Crippen LogP contribution is 2.59. The number of allylic oxidation sites excluding steroid dienone is 4. The van der Waals surface area contributed by atoms with Gasteiger partial charge in [0, 0.05) is 17.8 Å². The monoisotopic (exact) mass is 322 g/mol. The fourth-order valence-corrected chi connectivity index (χ4v) is 2.36. The van der Waals surface area contributed by atoms with E-state index in [1.807, 2.05) is 0 Å². The van der Waals surface area contributed by atoms with Crippen LogP contribution in [0.2, 0.25) is 0 Å². The van der Waals surface area contributed by atoms with Crippen molar-refractivity contribution in [1.29, 1.82) is 0 Å². The SMILES string of the molecule is NC1=CC=C(c2ccc(N)cc2)CC1(C(F)(F)F)C(F)(F)F. The molecule has 1 aliphatic carbocycles. The Morgan fingerprint density at radius 2 is 1.32 bits per heavy atom. The molecule has 0 aliphatic heterocycles. The summed E-state index contributed by atoms with van der Waals surface area (Å²) < 4.78 is 79.2. The number of rotatable bonds is 1. The molecule has 1 aliphatic rings. The molecule has 8 heteroatoms. The van der Waals surface area contributed by atoms with Crippen molar-refractivity contribution < 1.29 is 26.3 Å². The maximum absolute atomic E-state index is 13.2. The number of nitrogen functional groups attached to an aromatic ring is 1. The second-order valence-electron chi connectivity index (χ2n) is 5.01. The van der Waals surface area contributed by atoms with Gasteiger partial charge in [-0.05, 0) is 29.3 Å². The fourth-order valence-electron chi connectivity index (χ4n) is 2.36. The lowest BCUT2D eigenvalue weighted by Crippen LogP contribution is -2.54. The van der Waals surface area contributed by atoms with Gasteiger partial charge in [0.15, 0.2) is 0 Å². The minimum absolute atomic E-state index is 0.108. The Morgan fingerprint density at radius 1 is 0.818 bits per heavy atom. The lowest BCUT2D eigenvalue weighted by Gasteiger charge is -2.40. The molecule has 0 heterocycles. The van der Waals surface area contributed by atoms with E-state index in [2.05, 4.69) is 0 Å². The van der Waals surface area contributed by atoms with E-state index in [0.29, 0.717) is 11.8 Å². The van der Waals surface area contributed by atoms with Gasteiger partial charge in [-0.2, -0.15) is 26.3 Å². The molecule has 0 radical (unpaired) electrons. The summed E-state index contributed by atoms with van der Waals surface area (Å²) in [5.41, 5.74) is 5.71. The molecule has 0 saturated heterocycles. The van der Waals surface area contributed by atoms with Crippen LogP contribution >= 0.6 is 0 Å². The van der Waals surface area contributed by atoms with Crippen molar-refractivity contribution in [2.45, 2.75) is 18.8 Å². The normalized spacial score (nSPS) is 18.6. The Kier molecular flexibility index (Phi) is 3.67. The average Bonchev–Trinajstić information content (AvgIpc) is 2.37. The second kappa shape index (κ2) is 4.96. The van der Waals surface area contributed by atoms with Crippen LogP contribution in [0.1, 0.15) is 12.0 Å². The number of anilines is 1. The van der Waals surface area contributed by atoms with Crippen molar-refractivity contribution >= 4 is 11.3 Å². The summed E-state index contributed by atoms with van der Waals surface area (Å²) in [7, 11) is 0. The first kappa shape index (κ1) is 16.3. The smallest absolute Gasteiger partial charge is 0.401 e. The number of benzene rings is 1. The van der Waals surface area contributed by atoms with Gasteiger partial charge in [0.1, 0.15) is 0 Å². The zero-order chi connectivity index (χ0) is 16.8. The summed E-state index contributed by atoms with van der Waals surface area (Å²) in [6, 6.07) is 5.55. The predicted molar refractivity (Wildman–Crippen MR) is 70.3 cm³/mol. The van der Waals surface area contributed by atoms with Crippen molar-refractivity contribution in [1.82, 2.24) is 0 Å². The topological polar surface area (TPSA) is 52.0 Å². The molecule has 0 spiro atoms. The molecule has 2 rings (SSSR count). The first-order valence-corrected chi connectivity index (χ1v) is 6.15. The van der Waals surface area contributed by atoms with Crippen LogP contribution in [0.15, 0.2) is 42.1 Å². The molecule has 4 N–H and O–H groups in total. The van der Waals surface area contributed by atoms with Crippen LogP contribution in [-0.4, -0.2) is 12.4 Å². The number of alkyl halides is 6. The molecule has 0 fully saturated rings. The average molecular weight is 322 g/mol. The third kappa shape index (κ3) is 2.42. The summed E-state index contributed by atoms with van der Waals surface area (Å²) in [4.78, 5) is 0. The molecule has 1 aromatic rings. The molecule has 0 saturated carbocycles. The van der Waals surface area contributed by atoms with Gasteiger partial charge in [-0.25, -0.2) is 0 Å². The molecule has 22 heavy (non-hydrogen) atoms. The van der Waals surface area contributed by atoms with Gasteiger partial charge in [0.25, 0.3) is 0 Å². The Morgan fingerprint density at radius 3 is 1.77 bits per heavy atom. The highest BCUT2D eigenvalue weighted by Gasteiger charge is 2.72. The number of hydrogen-bond donors (Lipinski definition) is 2. The molecule has 1 aromatic carbocycles. The fraction of sp³-hybridized carbons (Fsp3) is 0.286. The van der Waals surface area contributed by atoms with Gasteiger partial charge in [-0.15, -0.1) is 0 Å². The van der Waals surface area contributed by atoms with Gasteiger partial charge in [-0.1, -0.05) is 18.2 Å². The maximum Gasteiger partial charge on any atom is 0.408 e. The Hall–Kier alpha value is -2.12. The van der Waals surface area contributed by atoms with E-state index < -0.39 is 29.9 Å². The standard InChI is InChI=1S/C14H12F6N2/c15-13(16,17)12(14(18,19)20)7-9(3-6-11(12)22)8-1-4-10(21)5-2-8/h1-6H,7,21-22H2. The Balaban J connectivity index is 2.55. The lowest BCUT2D eigenvalue weighted by molar-refractivity contribution is -0.324. The third-order valence-corrected chi connectivity index (χ3v) is 3.66. The summed E-state index contributed by atoms with van der Waals surface area (Å²) in [6.45, 7) is 0. The minimum Gasteiger partial charge on any atom is -0.401 e. The van der Waals surface area contributed by atoms with E-state index in [0.717, 1.165) is 6.08 Å². The van der Waals surface area contributed by atoms with Crippen molar-refractivity contribution in [2.24, 2.45) is 11.1 Å². The first-order valence-electron chi connectivity index (χ1n) is 6.15. The largest absolute Gasteiger partial charge is 0.408 e. The van der Waals surface area contributed by atoms with Gasteiger partial charge in [0.05, 0.1) is 0 Å². The molecule has 0 bridgehead atoms. The summed E-state index contributed by atoms with van der Waals surface area (Å²) >= 11 is 0. The van der Waals surface area contributed by atoms with Crippen LogP contribution in [0.3, 0.4) is 0 Å². The minimum atomic E-state index is -5.56. The van der Waals surface area contributed by atoms with Crippen LogP contribution in [0.4, 0.5) is 32.0 Å². The molecule has 0 atom stereocenters.